The lowest BCUT2D eigenvalue weighted by Gasteiger charge is -2.35. The van der Waals surface area contributed by atoms with Crippen molar-refractivity contribution in [3.63, 3.8) is 0 Å². The molecular weight excluding hydrogens is 496 g/mol. The predicted molar refractivity (Wildman–Crippen MR) is 107 cm³/mol. The Labute approximate surface area is 196 Å². The number of carbonyl (C=O) groups is 2. The number of halogens is 7. The van der Waals surface area contributed by atoms with Gasteiger partial charge in [-0.05, 0) is 11.6 Å². The number of morpholine rings is 1. The molecular formula is C20H22ClF6N3O4. The summed E-state index contributed by atoms with van der Waals surface area (Å²) in [5, 5.41) is 0.265. The van der Waals surface area contributed by atoms with Gasteiger partial charge >= 0.3 is 18.4 Å². The molecule has 0 aromatic heterocycles. The first-order chi connectivity index (χ1) is 15.9. The number of alkyl halides is 6. The van der Waals surface area contributed by atoms with Gasteiger partial charge in [-0.2, -0.15) is 26.3 Å². The molecule has 1 aromatic rings. The molecule has 0 aliphatic carbocycles. The number of hydrogen-bond acceptors (Lipinski definition) is 5. The lowest BCUT2D eigenvalue weighted by atomic mass is 10.0. The highest BCUT2D eigenvalue weighted by atomic mass is 35.5. The Balaban J connectivity index is 1.62. The van der Waals surface area contributed by atoms with Gasteiger partial charge in [-0.1, -0.05) is 23.7 Å². The van der Waals surface area contributed by atoms with E-state index in [-0.39, 0.29) is 43.7 Å². The number of nitrogens with zero attached hydrogens (tertiary/aromatic N) is 3. The van der Waals surface area contributed by atoms with Gasteiger partial charge in [0.2, 0.25) is 0 Å². The first-order valence-corrected chi connectivity index (χ1v) is 10.7. The number of hydrogen-bond donors (Lipinski definition) is 0. The molecule has 0 bridgehead atoms. The van der Waals surface area contributed by atoms with Crippen LogP contribution in [0.3, 0.4) is 0 Å². The van der Waals surface area contributed by atoms with E-state index in [9.17, 15) is 35.9 Å². The average molecular weight is 518 g/mol. The molecule has 0 spiro atoms. The number of carbonyl (C=O) groups excluding carboxylic acids is 2. The van der Waals surface area contributed by atoms with E-state index in [0.29, 0.717) is 37.4 Å². The molecule has 0 N–H and O–H groups in total. The molecule has 7 nitrogen and oxygen atoms in total. The highest BCUT2D eigenvalue weighted by molar-refractivity contribution is 6.34. The minimum absolute atomic E-state index is 0.144. The maximum atomic E-state index is 13.0. The average Bonchev–Trinajstić information content (AvgIpc) is 2.76. The topological polar surface area (TPSA) is 62.3 Å². The molecule has 14 heteroatoms. The summed E-state index contributed by atoms with van der Waals surface area (Å²) in [6.45, 7) is 1.92. The number of ether oxygens (including phenoxy) is 2. The third-order valence-corrected chi connectivity index (χ3v) is 5.76. The summed E-state index contributed by atoms with van der Waals surface area (Å²) >= 11 is 6.30. The minimum Gasteiger partial charge on any atom is -0.426 e. The van der Waals surface area contributed by atoms with E-state index in [1.165, 1.54) is 0 Å². The quantitative estimate of drug-likeness (QED) is 0.572. The van der Waals surface area contributed by atoms with E-state index in [0.717, 1.165) is 4.90 Å². The molecule has 0 saturated carbocycles. The van der Waals surface area contributed by atoms with Crippen LogP contribution in [0.2, 0.25) is 5.02 Å². The largest absolute Gasteiger partial charge is 0.434 e. The summed E-state index contributed by atoms with van der Waals surface area (Å²) in [6, 6.07) is 4.98. The Morgan fingerprint density at radius 1 is 0.941 bits per heavy atom. The van der Waals surface area contributed by atoms with Crippen molar-refractivity contribution in [2.45, 2.75) is 25.0 Å². The Morgan fingerprint density at radius 3 is 2.09 bits per heavy atom. The summed E-state index contributed by atoms with van der Waals surface area (Å²) in [4.78, 5) is 29.2. The van der Waals surface area contributed by atoms with Crippen molar-refractivity contribution >= 4 is 23.6 Å². The molecule has 34 heavy (non-hydrogen) atoms. The van der Waals surface area contributed by atoms with E-state index in [1.54, 1.807) is 23.1 Å². The fourth-order valence-corrected chi connectivity index (χ4v) is 3.96. The first-order valence-electron chi connectivity index (χ1n) is 10.3. The maximum Gasteiger partial charge on any atom is 0.434 e. The number of rotatable bonds is 4. The summed E-state index contributed by atoms with van der Waals surface area (Å²) in [5.74, 6) is -0.253. The van der Waals surface area contributed by atoms with Crippen LogP contribution in [0.5, 0.6) is 0 Å². The second-order valence-corrected chi connectivity index (χ2v) is 8.20. The monoisotopic (exact) mass is 517 g/mol. The fraction of sp³-hybridized carbons (Fsp3) is 0.600. The molecule has 2 fully saturated rings. The van der Waals surface area contributed by atoms with Crippen LogP contribution >= 0.6 is 11.6 Å². The van der Waals surface area contributed by atoms with Gasteiger partial charge in [0.25, 0.3) is 12.0 Å². The molecule has 2 aliphatic rings. The molecule has 190 valence electrons. The summed E-state index contributed by atoms with van der Waals surface area (Å²) in [5.41, 5.74) is 0.945. The lowest BCUT2D eigenvalue weighted by Crippen LogP contribution is -2.52. The first kappa shape index (κ1) is 26.4. The van der Waals surface area contributed by atoms with Gasteiger partial charge in [0, 0.05) is 45.8 Å². The Bertz CT molecular complexity index is 870. The molecule has 0 unspecified atom stereocenters. The Morgan fingerprint density at radius 2 is 1.53 bits per heavy atom. The fourth-order valence-electron chi connectivity index (χ4n) is 3.69. The number of piperazine rings is 1. The van der Waals surface area contributed by atoms with Crippen molar-refractivity contribution in [2.75, 3.05) is 52.5 Å². The predicted octanol–water partition coefficient (Wildman–Crippen LogP) is 3.56. The lowest BCUT2D eigenvalue weighted by molar-refractivity contribution is -0.308. The minimum atomic E-state index is -5.77. The number of amides is 2. The summed E-state index contributed by atoms with van der Waals surface area (Å²) < 4.78 is 84.9. The summed E-state index contributed by atoms with van der Waals surface area (Å²) in [7, 11) is 0. The molecule has 1 aromatic carbocycles. The van der Waals surface area contributed by atoms with Gasteiger partial charge in [-0.3, -0.25) is 9.69 Å². The van der Waals surface area contributed by atoms with Crippen LogP contribution in [0.15, 0.2) is 18.2 Å². The maximum absolute atomic E-state index is 13.0. The highest BCUT2D eigenvalue weighted by Crippen LogP contribution is 2.36. The number of benzene rings is 1. The molecule has 2 amide bonds. The van der Waals surface area contributed by atoms with E-state index in [2.05, 4.69) is 4.74 Å². The van der Waals surface area contributed by atoms with E-state index in [1.807, 2.05) is 4.90 Å². The van der Waals surface area contributed by atoms with Crippen molar-refractivity contribution in [1.29, 1.82) is 0 Å². The van der Waals surface area contributed by atoms with Crippen molar-refractivity contribution in [2.24, 2.45) is 0 Å². The molecule has 3 rings (SSSR count). The van der Waals surface area contributed by atoms with Gasteiger partial charge in [0.05, 0.1) is 23.8 Å². The zero-order valence-corrected chi connectivity index (χ0v) is 18.5. The molecule has 2 saturated heterocycles. The SMILES string of the molecule is O=C(OC(C(F)(F)F)C(F)(F)F)N1CCN(Cc2cccc(Cl)c2C(=O)N2CCOCC2)CC1. The van der Waals surface area contributed by atoms with Crippen molar-refractivity contribution in [3.8, 4) is 0 Å². The Hall–Kier alpha value is -2.25. The van der Waals surface area contributed by atoms with Gasteiger partial charge < -0.3 is 19.3 Å². The van der Waals surface area contributed by atoms with Crippen LogP contribution in [0.25, 0.3) is 0 Å². The molecule has 0 radical (unpaired) electrons. The van der Waals surface area contributed by atoms with Crippen molar-refractivity contribution in [3.05, 3.63) is 34.3 Å². The molecule has 2 heterocycles. The van der Waals surface area contributed by atoms with Crippen LogP contribution in [0.4, 0.5) is 31.1 Å². The van der Waals surface area contributed by atoms with Gasteiger partial charge in [-0.15, -0.1) is 0 Å². The highest BCUT2D eigenvalue weighted by Gasteiger charge is 2.60. The van der Waals surface area contributed by atoms with Crippen molar-refractivity contribution < 1.29 is 45.4 Å². The third-order valence-electron chi connectivity index (χ3n) is 5.45. The smallest absolute Gasteiger partial charge is 0.426 e. The zero-order valence-electron chi connectivity index (χ0n) is 17.8. The van der Waals surface area contributed by atoms with Crippen LogP contribution in [0, 0.1) is 0 Å². The van der Waals surface area contributed by atoms with Crippen molar-refractivity contribution in [1.82, 2.24) is 14.7 Å². The summed E-state index contributed by atoms with van der Waals surface area (Å²) in [6.07, 6.45) is -17.4. The van der Waals surface area contributed by atoms with Gasteiger partial charge in [0.15, 0.2) is 0 Å². The van der Waals surface area contributed by atoms with Crippen LogP contribution in [-0.2, 0) is 16.0 Å². The van der Waals surface area contributed by atoms with Crippen LogP contribution < -0.4 is 0 Å². The van der Waals surface area contributed by atoms with Gasteiger partial charge in [0.1, 0.15) is 0 Å². The van der Waals surface area contributed by atoms with Gasteiger partial charge in [-0.25, -0.2) is 4.79 Å². The van der Waals surface area contributed by atoms with Crippen LogP contribution in [-0.4, -0.2) is 97.6 Å². The molecule has 0 atom stereocenters. The Kier molecular flexibility index (Phi) is 8.19. The molecule has 2 aliphatic heterocycles. The normalized spacial score (nSPS) is 18.4. The second kappa shape index (κ2) is 10.6. The zero-order chi connectivity index (χ0) is 25.1. The second-order valence-electron chi connectivity index (χ2n) is 7.79. The van der Waals surface area contributed by atoms with E-state index < -0.39 is 24.5 Å². The third kappa shape index (κ3) is 6.45. The standard InChI is InChI=1S/C20H22ClF6N3O4/c21-14-3-1-2-13(15(14)16(31)29-8-10-33-11-9-29)12-28-4-6-30(7-5-28)18(32)34-17(19(22,23)24)20(25,26)27/h1-3,17H,4-12H2. The van der Waals surface area contributed by atoms with Crippen LogP contribution in [0.1, 0.15) is 15.9 Å². The van der Waals surface area contributed by atoms with E-state index in [4.69, 9.17) is 16.3 Å². The van der Waals surface area contributed by atoms with E-state index >= 15 is 0 Å².